The van der Waals surface area contributed by atoms with Crippen molar-refractivity contribution in [1.82, 2.24) is 9.88 Å². The highest BCUT2D eigenvalue weighted by atomic mass is 35.5. The number of anilines is 1. The molecule has 1 amide bonds. The van der Waals surface area contributed by atoms with Gasteiger partial charge in [-0.05, 0) is 55.5 Å². The second-order valence-electron chi connectivity index (χ2n) is 10.0. The number of benzene rings is 3. The van der Waals surface area contributed by atoms with Crippen molar-refractivity contribution in [3.05, 3.63) is 112 Å². The average molecular weight is 643 g/mol. The van der Waals surface area contributed by atoms with Crippen molar-refractivity contribution in [3.63, 3.8) is 0 Å². The van der Waals surface area contributed by atoms with Crippen molar-refractivity contribution in [2.75, 3.05) is 25.6 Å². The van der Waals surface area contributed by atoms with Crippen LogP contribution >= 0.6 is 23.2 Å². The minimum Gasteiger partial charge on any atom is -0.493 e. The molecule has 1 aliphatic rings. The number of pyridine rings is 1. The number of methoxy groups -OCH3 is 2. The summed E-state index contributed by atoms with van der Waals surface area (Å²) in [6, 6.07) is 18.0. The van der Waals surface area contributed by atoms with E-state index in [0.717, 1.165) is 4.31 Å². The van der Waals surface area contributed by atoms with Crippen molar-refractivity contribution in [3.8, 4) is 11.5 Å². The molecule has 0 bridgehead atoms. The van der Waals surface area contributed by atoms with Gasteiger partial charge in [0.25, 0.3) is 15.9 Å². The zero-order valence-electron chi connectivity index (χ0n) is 23.7. The number of fused-ring (bicyclic) bond motifs is 1. The number of hydrogen-bond acceptors (Lipinski definition) is 7. The molecule has 0 aliphatic carbocycles. The third-order valence-electron chi connectivity index (χ3n) is 7.71. The number of ether oxygens (including phenoxy) is 2. The molecule has 12 heteroatoms. The number of amides is 1. The second kappa shape index (κ2) is 11.7. The smallest absolute Gasteiger partial charge is 0.265 e. The van der Waals surface area contributed by atoms with Gasteiger partial charge in [0.1, 0.15) is 5.60 Å². The molecule has 3 atom stereocenters. The van der Waals surface area contributed by atoms with Crippen LogP contribution in [0.15, 0.2) is 90.0 Å². The highest BCUT2D eigenvalue weighted by Crippen LogP contribution is 2.53. The maximum absolute atomic E-state index is 14.6. The molecule has 0 saturated heterocycles. The van der Waals surface area contributed by atoms with Crippen molar-refractivity contribution < 1.29 is 27.8 Å². The summed E-state index contributed by atoms with van der Waals surface area (Å²) in [6.45, 7) is 1.76. The number of halogens is 2. The largest absolute Gasteiger partial charge is 0.493 e. The number of aliphatic hydroxyl groups is 1. The first-order valence-electron chi connectivity index (χ1n) is 13.2. The van der Waals surface area contributed by atoms with Gasteiger partial charge in [-0.15, -0.1) is 0 Å². The van der Waals surface area contributed by atoms with Crippen molar-refractivity contribution in [2.45, 2.75) is 29.5 Å². The number of carbonyl (C=O) groups excluding carboxylic acids is 1. The Morgan fingerprint density at radius 2 is 1.67 bits per heavy atom. The molecule has 2 heterocycles. The standard InChI is InChI=1S/C31H29Cl2N3O6S/c1-19(25-11-7-8-16-34-25)35(2)30(37)29-31(38,22-9-5-6-10-24(22)33)23-17-20(32)12-14-26(23)36(29)43(39,40)21-13-15-27(41-3)28(18-21)42-4/h5-19,29,38H,1-4H3. The van der Waals surface area contributed by atoms with Crippen LogP contribution in [0.5, 0.6) is 11.5 Å². The van der Waals surface area contributed by atoms with Crippen molar-refractivity contribution >= 4 is 44.8 Å². The van der Waals surface area contributed by atoms with E-state index in [1.807, 2.05) is 0 Å². The summed E-state index contributed by atoms with van der Waals surface area (Å²) in [5.74, 6) is -0.208. The fourth-order valence-corrected chi connectivity index (χ4v) is 7.48. The molecule has 0 spiro atoms. The number of rotatable bonds is 8. The van der Waals surface area contributed by atoms with Crippen LogP contribution in [-0.4, -0.2) is 56.6 Å². The van der Waals surface area contributed by atoms with Crippen LogP contribution in [0.25, 0.3) is 0 Å². The van der Waals surface area contributed by atoms with Gasteiger partial charge in [-0.25, -0.2) is 12.7 Å². The average Bonchev–Trinajstić information content (AvgIpc) is 3.29. The molecule has 3 aromatic carbocycles. The third kappa shape index (κ3) is 5.08. The van der Waals surface area contributed by atoms with Gasteiger partial charge in [0.2, 0.25) is 0 Å². The predicted molar refractivity (Wildman–Crippen MR) is 164 cm³/mol. The lowest BCUT2D eigenvalue weighted by molar-refractivity contribution is -0.137. The fraction of sp³-hybridized carbons (Fsp3) is 0.226. The van der Waals surface area contributed by atoms with Crippen LogP contribution in [0.2, 0.25) is 10.0 Å². The van der Waals surface area contributed by atoms with E-state index in [-0.39, 0.29) is 37.5 Å². The van der Waals surface area contributed by atoms with Crippen LogP contribution in [0.4, 0.5) is 5.69 Å². The molecule has 0 saturated carbocycles. The predicted octanol–water partition coefficient (Wildman–Crippen LogP) is 5.44. The highest BCUT2D eigenvalue weighted by molar-refractivity contribution is 7.93. The van der Waals surface area contributed by atoms with Crippen LogP contribution in [0.3, 0.4) is 0 Å². The number of hydrogen-bond donors (Lipinski definition) is 1. The van der Waals surface area contributed by atoms with E-state index < -0.39 is 33.6 Å². The number of aromatic nitrogens is 1. The van der Waals surface area contributed by atoms with Gasteiger partial charge in [-0.1, -0.05) is 47.5 Å². The molecule has 3 unspecified atom stereocenters. The Balaban J connectivity index is 1.78. The molecule has 4 aromatic rings. The topological polar surface area (TPSA) is 109 Å². The molecule has 0 fully saturated rings. The first-order chi connectivity index (χ1) is 20.5. The minimum atomic E-state index is -4.54. The highest BCUT2D eigenvalue weighted by Gasteiger charge is 2.60. The zero-order chi connectivity index (χ0) is 31.1. The Labute approximate surface area is 260 Å². The molecule has 9 nitrogen and oxygen atoms in total. The van der Waals surface area contributed by atoms with Gasteiger partial charge in [0.05, 0.1) is 36.5 Å². The SMILES string of the molecule is COc1ccc(S(=O)(=O)N2c3ccc(Cl)cc3C(O)(c3ccccc3Cl)C2C(=O)N(C)C(C)c2ccccn2)cc1OC. The summed E-state index contributed by atoms with van der Waals surface area (Å²) < 4.78 is 40.8. The summed E-state index contributed by atoms with van der Waals surface area (Å²) in [5.41, 5.74) is -1.35. The maximum atomic E-state index is 14.6. The molecule has 5 rings (SSSR count). The molecule has 1 aromatic heterocycles. The lowest BCUT2D eigenvalue weighted by atomic mass is 9.82. The summed E-state index contributed by atoms with van der Waals surface area (Å²) in [4.78, 5) is 20.2. The van der Waals surface area contributed by atoms with Crippen LogP contribution in [0.1, 0.15) is 29.8 Å². The normalized spacial score (nSPS) is 18.6. The second-order valence-corrected chi connectivity index (χ2v) is 12.7. The summed E-state index contributed by atoms with van der Waals surface area (Å²) in [6.07, 6.45) is 1.60. The quantitative estimate of drug-likeness (QED) is 0.273. The van der Waals surface area contributed by atoms with Gasteiger partial charge < -0.3 is 19.5 Å². The number of sulfonamides is 1. The van der Waals surface area contributed by atoms with Crippen LogP contribution < -0.4 is 13.8 Å². The number of likely N-dealkylation sites (N-methyl/N-ethyl adjacent to an activating group) is 1. The lowest BCUT2D eigenvalue weighted by Crippen LogP contribution is -2.57. The molecule has 1 aliphatic heterocycles. The summed E-state index contributed by atoms with van der Waals surface area (Å²) in [7, 11) is -0.190. The monoisotopic (exact) mass is 641 g/mol. The van der Waals surface area contributed by atoms with E-state index in [2.05, 4.69) is 4.98 Å². The van der Waals surface area contributed by atoms with Gasteiger partial charge in [0.15, 0.2) is 17.5 Å². The van der Waals surface area contributed by atoms with Gasteiger partial charge in [0, 0.05) is 40.5 Å². The third-order valence-corrected chi connectivity index (χ3v) is 10.1. The van der Waals surface area contributed by atoms with Gasteiger partial charge in [-0.3, -0.25) is 9.78 Å². The molecular formula is C31H29Cl2N3O6S. The first-order valence-corrected chi connectivity index (χ1v) is 15.4. The molecule has 224 valence electrons. The Kier molecular flexibility index (Phi) is 8.32. The van der Waals surface area contributed by atoms with E-state index in [0.29, 0.717) is 11.4 Å². The van der Waals surface area contributed by atoms with Crippen molar-refractivity contribution in [2.24, 2.45) is 0 Å². The van der Waals surface area contributed by atoms with E-state index in [4.69, 9.17) is 32.7 Å². The Bertz CT molecular complexity index is 1790. The molecule has 1 N–H and O–H groups in total. The van der Waals surface area contributed by atoms with Crippen LogP contribution in [0, 0.1) is 0 Å². The Morgan fingerprint density at radius 3 is 2.33 bits per heavy atom. The fourth-order valence-electron chi connectivity index (χ4n) is 5.37. The van der Waals surface area contributed by atoms with Crippen LogP contribution in [-0.2, 0) is 20.4 Å². The zero-order valence-corrected chi connectivity index (χ0v) is 26.1. The van der Waals surface area contributed by atoms with E-state index in [1.165, 1.54) is 62.6 Å². The molecule has 43 heavy (non-hydrogen) atoms. The van der Waals surface area contributed by atoms with Gasteiger partial charge >= 0.3 is 0 Å². The molecular weight excluding hydrogens is 613 g/mol. The first kappa shape index (κ1) is 30.6. The number of nitrogens with zero attached hydrogens (tertiary/aromatic N) is 3. The maximum Gasteiger partial charge on any atom is 0.265 e. The van der Waals surface area contributed by atoms with Crippen molar-refractivity contribution in [1.29, 1.82) is 0 Å². The van der Waals surface area contributed by atoms with E-state index in [9.17, 15) is 18.3 Å². The lowest BCUT2D eigenvalue weighted by Gasteiger charge is -2.38. The number of carbonyl (C=O) groups is 1. The van der Waals surface area contributed by atoms with Gasteiger partial charge in [-0.2, -0.15) is 0 Å². The Morgan fingerprint density at radius 1 is 0.977 bits per heavy atom. The molecule has 0 radical (unpaired) electrons. The Hall–Kier alpha value is -3.83. The van der Waals surface area contributed by atoms with E-state index in [1.54, 1.807) is 55.6 Å². The summed E-state index contributed by atoms with van der Waals surface area (Å²) >= 11 is 13.0. The summed E-state index contributed by atoms with van der Waals surface area (Å²) in [5, 5.41) is 13.1. The minimum absolute atomic E-state index is 0.0684. The van der Waals surface area contributed by atoms with E-state index >= 15 is 0 Å².